The molecule has 5 nitrogen and oxygen atoms in total. The Labute approximate surface area is 125 Å². The molecular formula is C16H24N2O3. The van der Waals surface area contributed by atoms with E-state index in [-0.39, 0.29) is 25.7 Å². The van der Waals surface area contributed by atoms with Crippen LogP contribution in [-0.4, -0.2) is 43.9 Å². The summed E-state index contributed by atoms with van der Waals surface area (Å²) < 4.78 is 4.98. The molecule has 2 N–H and O–H groups in total. The number of hydrogen-bond donors (Lipinski definition) is 2. The van der Waals surface area contributed by atoms with Crippen molar-refractivity contribution in [2.24, 2.45) is 5.92 Å². The van der Waals surface area contributed by atoms with Crippen molar-refractivity contribution in [2.75, 3.05) is 43.1 Å². The monoisotopic (exact) mass is 292 g/mol. The van der Waals surface area contributed by atoms with Crippen LogP contribution in [0.3, 0.4) is 0 Å². The summed E-state index contributed by atoms with van der Waals surface area (Å²) in [5, 5.41) is 11.4. The van der Waals surface area contributed by atoms with Crippen LogP contribution in [0.1, 0.15) is 19.8 Å². The number of benzene rings is 1. The van der Waals surface area contributed by atoms with Crippen molar-refractivity contribution in [3.63, 3.8) is 0 Å². The molecule has 116 valence electrons. The third kappa shape index (κ3) is 5.02. The number of nitrogens with one attached hydrogen (secondary N) is 1. The third-order valence-corrected chi connectivity index (χ3v) is 3.77. The number of ether oxygens (including phenoxy) is 1. The van der Waals surface area contributed by atoms with E-state index >= 15 is 0 Å². The highest BCUT2D eigenvalue weighted by molar-refractivity contribution is 5.91. The number of carbonyl (C=O) groups is 1. The predicted octanol–water partition coefficient (Wildman–Crippen LogP) is 1.87. The van der Waals surface area contributed by atoms with Crippen LogP contribution < -0.4 is 10.2 Å². The van der Waals surface area contributed by atoms with Gasteiger partial charge in [0.15, 0.2) is 0 Å². The van der Waals surface area contributed by atoms with Crippen molar-refractivity contribution in [2.45, 2.75) is 19.8 Å². The van der Waals surface area contributed by atoms with Crippen LogP contribution >= 0.6 is 0 Å². The lowest BCUT2D eigenvalue weighted by Crippen LogP contribution is -2.32. The minimum Gasteiger partial charge on any atom is -0.394 e. The van der Waals surface area contributed by atoms with Gasteiger partial charge in [0.25, 0.3) is 0 Å². The fourth-order valence-corrected chi connectivity index (χ4v) is 2.45. The molecular weight excluding hydrogens is 268 g/mol. The van der Waals surface area contributed by atoms with Gasteiger partial charge in [-0.25, -0.2) is 0 Å². The minimum absolute atomic E-state index is 0.0354. The summed E-state index contributed by atoms with van der Waals surface area (Å²) in [7, 11) is 0. The molecule has 0 radical (unpaired) electrons. The first-order valence-electron chi connectivity index (χ1n) is 7.52. The van der Waals surface area contributed by atoms with Gasteiger partial charge in [0.2, 0.25) is 5.91 Å². The second kappa shape index (κ2) is 8.00. The van der Waals surface area contributed by atoms with Gasteiger partial charge in [0.05, 0.1) is 13.2 Å². The van der Waals surface area contributed by atoms with Crippen molar-refractivity contribution in [3.8, 4) is 0 Å². The van der Waals surface area contributed by atoms with Crippen LogP contribution in [-0.2, 0) is 9.53 Å². The summed E-state index contributed by atoms with van der Waals surface area (Å²) in [4.78, 5) is 14.0. The summed E-state index contributed by atoms with van der Waals surface area (Å²) in [6.45, 7) is 4.57. The largest absolute Gasteiger partial charge is 0.394 e. The first-order valence-corrected chi connectivity index (χ1v) is 7.52. The third-order valence-electron chi connectivity index (χ3n) is 3.77. The minimum atomic E-state index is -0.206. The maximum absolute atomic E-state index is 11.6. The Kier molecular flexibility index (Phi) is 6.02. The van der Waals surface area contributed by atoms with Gasteiger partial charge in [0.1, 0.15) is 6.61 Å². The molecule has 1 fully saturated rings. The molecule has 0 aliphatic carbocycles. The van der Waals surface area contributed by atoms with Crippen molar-refractivity contribution in [1.82, 2.24) is 0 Å². The fraction of sp³-hybridized carbons (Fsp3) is 0.562. The molecule has 2 rings (SSSR count). The average Bonchev–Trinajstić information content (AvgIpc) is 2.49. The quantitative estimate of drug-likeness (QED) is 0.786. The molecule has 0 spiro atoms. The smallest absolute Gasteiger partial charge is 0.250 e. The Morgan fingerprint density at radius 1 is 1.33 bits per heavy atom. The van der Waals surface area contributed by atoms with Crippen LogP contribution in [0, 0.1) is 5.92 Å². The number of aliphatic hydroxyl groups is 1. The van der Waals surface area contributed by atoms with Gasteiger partial charge in [-0.3, -0.25) is 4.79 Å². The van der Waals surface area contributed by atoms with Crippen molar-refractivity contribution in [3.05, 3.63) is 24.3 Å². The van der Waals surface area contributed by atoms with Crippen molar-refractivity contribution >= 4 is 17.3 Å². The van der Waals surface area contributed by atoms with Crippen LogP contribution in [0.15, 0.2) is 24.3 Å². The Hall–Kier alpha value is -1.59. The summed E-state index contributed by atoms with van der Waals surface area (Å²) >= 11 is 0. The normalized spacial score (nSPS) is 16.0. The zero-order valence-electron chi connectivity index (χ0n) is 12.5. The topological polar surface area (TPSA) is 61.8 Å². The fourth-order valence-electron chi connectivity index (χ4n) is 2.45. The molecule has 1 saturated heterocycles. The summed E-state index contributed by atoms with van der Waals surface area (Å²) in [5.41, 5.74) is 1.97. The summed E-state index contributed by atoms with van der Waals surface area (Å²) in [6, 6.07) is 7.91. The van der Waals surface area contributed by atoms with Gasteiger partial charge in [-0.1, -0.05) is 6.92 Å². The zero-order valence-corrected chi connectivity index (χ0v) is 12.5. The van der Waals surface area contributed by atoms with E-state index < -0.39 is 0 Å². The molecule has 5 heteroatoms. The van der Waals surface area contributed by atoms with E-state index in [0.717, 1.165) is 24.7 Å². The number of amides is 1. The Morgan fingerprint density at radius 3 is 2.62 bits per heavy atom. The highest BCUT2D eigenvalue weighted by atomic mass is 16.5. The van der Waals surface area contributed by atoms with Gasteiger partial charge < -0.3 is 20.1 Å². The van der Waals surface area contributed by atoms with Gasteiger partial charge in [-0.2, -0.15) is 0 Å². The number of anilines is 2. The standard InChI is InChI=1S/C16H24N2O3/c1-13-6-8-18(9-7-13)15-4-2-14(3-5-15)17-16(20)12-21-11-10-19/h2-5,13,19H,6-12H2,1H3,(H,17,20). The molecule has 0 aromatic heterocycles. The number of aliphatic hydroxyl groups excluding tert-OH is 1. The number of rotatable bonds is 6. The predicted molar refractivity (Wildman–Crippen MR) is 83.6 cm³/mol. The molecule has 0 atom stereocenters. The first kappa shape index (κ1) is 15.8. The Bertz CT molecular complexity index is 439. The SMILES string of the molecule is CC1CCN(c2ccc(NC(=O)COCCO)cc2)CC1. The number of hydrogen-bond acceptors (Lipinski definition) is 4. The second-order valence-corrected chi connectivity index (χ2v) is 5.54. The maximum atomic E-state index is 11.6. The van der Waals surface area contributed by atoms with Crippen LogP contribution in [0.2, 0.25) is 0 Å². The van der Waals surface area contributed by atoms with E-state index in [1.54, 1.807) is 0 Å². The molecule has 1 aliphatic rings. The van der Waals surface area contributed by atoms with Crippen LogP contribution in [0.4, 0.5) is 11.4 Å². The molecule has 21 heavy (non-hydrogen) atoms. The van der Waals surface area contributed by atoms with Gasteiger partial charge in [0, 0.05) is 24.5 Å². The van der Waals surface area contributed by atoms with Gasteiger partial charge >= 0.3 is 0 Å². The van der Waals surface area contributed by atoms with Gasteiger partial charge in [-0.15, -0.1) is 0 Å². The summed E-state index contributed by atoms with van der Waals surface area (Å²) in [5.74, 6) is 0.613. The lowest BCUT2D eigenvalue weighted by molar-refractivity contribution is -0.120. The van der Waals surface area contributed by atoms with E-state index in [9.17, 15) is 4.79 Å². The average molecular weight is 292 g/mol. The zero-order chi connectivity index (χ0) is 15.1. The van der Waals surface area contributed by atoms with E-state index in [1.165, 1.54) is 18.5 Å². The number of carbonyl (C=O) groups excluding carboxylic acids is 1. The molecule has 1 aromatic rings. The molecule has 1 aliphatic heterocycles. The lowest BCUT2D eigenvalue weighted by atomic mass is 9.99. The lowest BCUT2D eigenvalue weighted by Gasteiger charge is -2.32. The van der Waals surface area contributed by atoms with E-state index in [4.69, 9.17) is 9.84 Å². The molecule has 0 saturated carbocycles. The first-order chi connectivity index (χ1) is 10.2. The highest BCUT2D eigenvalue weighted by Crippen LogP contribution is 2.24. The van der Waals surface area contributed by atoms with E-state index in [0.29, 0.717) is 0 Å². The Morgan fingerprint density at radius 2 is 2.00 bits per heavy atom. The number of nitrogens with zero attached hydrogens (tertiary/aromatic N) is 1. The van der Waals surface area contributed by atoms with Gasteiger partial charge in [-0.05, 0) is 43.0 Å². The molecule has 1 aromatic carbocycles. The Balaban J connectivity index is 1.83. The summed E-state index contributed by atoms with van der Waals surface area (Å²) in [6.07, 6.45) is 2.47. The molecule has 1 amide bonds. The van der Waals surface area contributed by atoms with Crippen LogP contribution in [0.5, 0.6) is 0 Å². The molecule has 1 heterocycles. The second-order valence-electron chi connectivity index (χ2n) is 5.54. The highest BCUT2D eigenvalue weighted by Gasteiger charge is 2.15. The van der Waals surface area contributed by atoms with E-state index in [2.05, 4.69) is 17.1 Å². The van der Waals surface area contributed by atoms with Crippen LogP contribution in [0.25, 0.3) is 0 Å². The number of piperidine rings is 1. The van der Waals surface area contributed by atoms with Crippen molar-refractivity contribution < 1.29 is 14.6 Å². The molecule has 0 bridgehead atoms. The molecule has 0 unspecified atom stereocenters. The van der Waals surface area contributed by atoms with Crippen molar-refractivity contribution in [1.29, 1.82) is 0 Å². The maximum Gasteiger partial charge on any atom is 0.250 e. The van der Waals surface area contributed by atoms with E-state index in [1.807, 2.05) is 24.3 Å².